The van der Waals surface area contributed by atoms with E-state index >= 15 is 4.39 Å². The van der Waals surface area contributed by atoms with Gasteiger partial charge in [-0.3, -0.25) is 0 Å². The van der Waals surface area contributed by atoms with Gasteiger partial charge in [0.05, 0.1) is 0 Å². The minimum atomic E-state index is -4.75. The zero-order chi connectivity index (χ0) is 22.0. The van der Waals surface area contributed by atoms with Gasteiger partial charge < -0.3 is 4.74 Å². The van der Waals surface area contributed by atoms with Crippen molar-refractivity contribution in [1.82, 2.24) is 0 Å². The Bertz CT molecular complexity index is 1070. The molecule has 0 aliphatic heterocycles. The van der Waals surface area contributed by atoms with E-state index in [2.05, 4.69) is 29.9 Å². The molecular formula is C26H24F4O. The first-order valence-corrected chi connectivity index (χ1v) is 10.6. The Balaban J connectivity index is 1.61. The third-order valence-corrected chi connectivity index (χ3v) is 5.78. The molecular weight excluding hydrogens is 404 g/mol. The Hall–Kier alpha value is -2.82. The summed E-state index contributed by atoms with van der Waals surface area (Å²) in [5.41, 5.74) is 6.51. The second-order valence-electron chi connectivity index (χ2n) is 8.01. The van der Waals surface area contributed by atoms with Crippen molar-refractivity contribution in [3.8, 4) is 28.0 Å². The number of fused-ring (bicyclic) bond motifs is 3. The zero-order valence-electron chi connectivity index (χ0n) is 17.4. The van der Waals surface area contributed by atoms with Crippen LogP contribution in [0.4, 0.5) is 17.6 Å². The van der Waals surface area contributed by atoms with Crippen LogP contribution in [-0.4, -0.2) is 6.36 Å². The highest BCUT2D eigenvalue weighted by Gasteiger charge is 2.31. The lowest BCUT2D eigenvalue weighted by Gasteiger charge is -2.22. The molecule has 0 bridgehead atoms. The normalized spacial score (nSPS) is 12.9. The van der Waals surface area contributed by atoms with E-state index in [0.29, 0.717) is 11.1 Å². The fraction of sp³-hybridized carbons (Fsp3) is 0.308. The van der Waals surface area contributed by atoms with Crippen molar-refractivity contribution in [2.45, 2.75) is 51.8 Å². The second kappa shape index (κ2) is 8.74. The van der Waals surface area contributed by atoms with E-state index in [-0.39, 0.29) is 11.6 Å². The molecule has 31 heavy (non-hydrogen) atoms. The summed E-state index contributed by atoms with van der Waals surface area (Å²) in [6.45, 7) is 2.19. The zero-order valence-corrected chi connectivity index (χ0v) is 17.4. The Labute approximate surface area is 179 Å². The Morgan fingerprint density at radius 3 is 2.19 bits per heavy atom. The minimum Gasteiger partial charge on any atom is -0.406 e. The number of benzene rings is 3. The van der Waals surface area contributed by atoms with Crippen molar-refractivity contribution in [3.05, 3.63) is 77.1 Å². The lowest BCUT2D eigenvalue weighted by atomic mass is 9.83. The Morgan fingerprint density at radius 2 is 1.52 bits per heavy atom. The van der Waals surface area contributed by atoms with Gasteiger partial charge in [-0.05, 0) is 83.3 Å². The molecule has 0 spiro atoms. The van der Waals surface area contributed by atoms with Crippen LogP contribution in [0.5, 0.6) is 5.75 Å². The average Bonchev–Trinajstić information content (AvgIpc) is 2.73. The number of rotatable bonds is 6. The van der Waals surface area contributed by atoms with E-state index in [1.807, 2.05) is 6.07 Å². The highest BCUT2D eigenvalue weighted by atomic mass is 19.4. The van der Waals surface area contributed by atoms with E-state index < -0.39 is 6.36 Å². The molecule has 0 saturated heterocycles. The highest BCUT2D eigenvalue weighted by Crippen LogP contribution is 2.38. The maximum Gasteiger partial charge on any atom is 0.573 e. The van der Waals surface area contributed by atoms with Crippen LogP contribution in [0.15, 0.2) is 54.6 Å². The lowest BCUT2D eigenvalue weighted by molar-refractivity contribution is -0.274. The molecule has 0 aromatic heterocycles. The fourth-order valence-electron chi connectivity index (χ4n) is 4.25. The minimum absolute atomic E-state index is 0.321. The summed E-state index contributed by atoms with van der Waals surface area (Å²) in [6.07, 6.45) is 1.61. The number of hydrogen-bond donors (Lipinski definition) is 0. The maximum absolute atomic E-state index is 15.0. The molecule has 0 N–H and O–H groups in total. The molecule has 3 aromatic carbocycles. The number of hydrogen-bond acceptors (Lipinski definition) is 1. The van der Waals surface area contributed by atoms with E-state index in [0.717, 1.165) is 36.0 Å². The van der Waals surface area contributed by atoms with Gasteiger partial charge in [0.25, 0.3) is 0 Å². The fourth-order valence-corrected chi connectivity index (χ4v) is 4.25. The average molecular weight is 428 g/mol. The van der Waals surface area contributed by atoms with Crippen LogP contribution in [0.3, 0.4) is 0 Å². The predicted octanol–water partition coefficient (Wildman–Crippen LogP) is 7.89. The molecule has 0 radical (unpaired) electrons. The van der Waals surface area contributed by atoms with Crippen LogP contribution in [-0.2, 0) is 19.3 Å². The van der Waals surface area contributed by atoms with Gasteiger partial charge in [0.15, 0.2) is 0 Å². The Morgan fingerprint density at radius 1 is 0.806 bits per heavy atom. The van der Waals surface area contributed by atoms with Gasteiger partial charge in [-0.15, -0.1) is 13.2 Å². The topological polar surface area (TPSA) is 9.23 Å². The lowest BCUT2D eigenvalue weighted by Crippen LogP contribution is -2.16. The van der Waals surface area contributed by atoms with E-state index in [1.54, 1.807) is 6.07 Å². The van der Waals surface area contributed by atoms with Gasteiger partial charge >= 0.3 is 6.36 Å². The van der Waals surface area contributed by atoms with Gasteiger partial charge in [0.2, 0.25) is 0 Å². The van der Waals surface area contributed by atoms with Gasteiger partial charge in [-0.25, -0.2) is 4.39 Å². The summed E-state index contributed by atoms with van der Waals surface area (Å²) in [4.78, 5) is 0. The first kappa shape index (κ1) is 21.4. The SMILES string of the molecule is CCCCCc1ccc2c(c1)CCc1cc(-c3ccc(OC(F)(F)F)cc3)c(F)cc1-2. The summed E-state index contributed by atoms with van der Waals surface area (Å²) in [6, 6.07) is 15.2. The molecule has 0 fully saturated rings. The molecule has 1 nitrogen and oxygen atoms in total. The molecule has 0 unspecified atom stereocenters. The standard InChI is InChI=1S/C26H24F4O/c1-2-3-4-5-17-6-13-22-19(14-17)7-8-20-15-24(25(27)16-23(20)22)18-9-11-21(12-10-18)31-26(28,29)30/h6,9-16H,2-5,7-8H2,1H3. The molecule has 1 aliphatic rings. The molecule has 0 amide bonds. The number of halogens is 4. The molecule has 3 aromatic rings. The largest absolute Gasteiger partial charge is 0.573 e. The molecule has 1 aliphatic carbocycles. The number of unbranched alkanes of at least 4 members (excludes halogenated alkanes) is 2. The quantitative estimate of drug-likeness (QED) is 0.286. The van der Waals surface area contributed by atoms with Crippen molar-refractivity contribution in [1.29, 1.82) is 0 Å². The highest BCUT2D eigenvalue weighted by molar-refractivity contribution is 5.78. The monoisotopic (exact) mass is 428 g/mol. The van der Waals surface area contributed by atoms with Gasteiger partial charge in [0.1, 0.15) is 11.6 Å². The third kappa shape index (κ3) is 4.92. The van der Waals surface area contributed by atoms with Crippen LogP contribution in [0.2, 0.25) is 0 Å². The maximum atomic E-state index is 15.0. The van der Waals surface area contributed by atoms with Crippen molar-refractivity contribution in [2.75, 3.05) is 0 Å². The summed E-state index contributed by atoms with van der Waals surface area (Å²) in [5.74, 6) is -0.707. The van der Waals surface area contributed by atoms with Crippen LogP contribution in [0.25, 0.3) is 22.3 Å². The summed E-state index contributed by atoms with van der Waals surface area (Å²) < 4.78 is 56.0. The summed E-state index contributed by atoms with van der Waals surface area (Å²) in [5, 5.41) is 0. The molecule has 4 rings (SSSR count). The summed E-state index contributed by atoms with van der Waals surface area (Å²) >= 11 is 0. The van der Waals surface area contributed by atoms with Crippen LogP contribution in [0, 0.1) is 5.82 Å². The van der Waals surface area contributed by atoms with Crippen molar-refractivity contribution >= 4 is 0 Å². The third-order valence-electron chi connectivity index (χ3n) is 5.78. The predicted molar refractivity (Wildman–Crippen MR) is 115 cm³/mol. The molecule has 5 heteroatoms. The molecule has 0 saturated carbocycles. The summed E-state index contributed by atoms with van der Waals surface area (Å²) in [7, 11) is 0. The van der Waals surface area contributed by atoms with Crippen molar-refractivity contribution in [2.24, 2.45) is 0 Å². The first-order valence-electron chi connectivity index (χ1n) is 10.6. The van der Waals surface area contributed by atoms with Crippen LogP contribution in [0.1, 0.15) is 42.9 Å². The van der Waals surface area contributed by atoms with Crippen LogP contribution < -0.4 is 4.74 Å². The smallest absolute Gasteiger partial charge is 0.406 e. The van der Waals surface area contributed by atoms with Crippen molar-refractivity contribution < 1.29 is 22.3 Å². The van der Waals surface area contributed by atoms with Gasteiger partial charge in [-0.2, -0.15) is 0 Å². The van der Waals surface area contributed by atoms with E-state index in [4.69, 9.17) is 0 Å². The van der Waals surface area contributed by atoms with Crippen LogP contribution >= 0.6 is 0 Å². The molecule has 0 atom stereocenters. The Kier molecular flexibility index (Phi) is 6.03. The first-order chi connectivity index (χ1) is 14.8. The number of aryl methyl sites for hydroxylation is 3. The second-order valence-corrected chi connectivity index (χ2v) is 8.01. The number of ether oxygens (including phenoxy) is 1. The van der Waals surface area contributed by atoms with Crippen molar-refractivity contribution in [3.63, 3.8) is 0 Å². The van der Waals surface area contributed by atoms with E-state index in [1.165, 1.54) is 54.7 Å². The van der Waals surface area contributed by atoms with Gasteiger partial charge in [-0.1, -0.05) is 50.1 Å². The molecule has 162 valence electrons. The number of alkyl halides is 3. The molecule has 0 heterocycles. The van der Waals surface area contributed by atoms with E-state index in [9.17, 15) is 13.2 Å². The van der Waals surface area contributed by atoms with Gasteiger partial charge in [0, 0.05) is 5.56 Å².